The van der Waals surface area contributed by atoms with Gasteiger partial charge in [-0.2, -0.15) is 0 Å². The van der Waals surface area contributed by atoms with Gasteiger partial charge in [0.05, 0.1) is 12.2 Å². The molecule has 1 amide bonds. The lowest BCUT2D eigenvalue weighted by Gasteiger charge is -2.18. The smallest absolute Gasteiger partial charge is 0.341 e. The van der Waals surface area contributed by atoms with Crippen molar-refractivity contribution in [2.45, 2.75) is 39.5 Å². The highest BCUT2D eigenvalue weighted by Crippen LogP contribution is 2.40. The molecule has 0 saturated carbocycles. The molecule has 8 heteroatoms. The largest absolute Gasteiger partial charge is 0.480 e. The van der Waals surface area contributed by atoms with E-state index in [1.807, 2.05) is 6.92 Å². The zero-order chi connectivity index (χ0) is 18.4. The zero-order valence-corrected chi connectivity index (χ0v) is 15.2. The number of anilines is 1. The molecular formula is C17H23NO6S. The van der Waals surface area contributed by atoms with E-state index in [4.69, 9.17) is 14.6 Å². The van der Waals surface area contributed by atoms with E-state index in [9.17, 15) is 14.4 Å². The fourth-order valence-corrected chi connectivity index (χ4v) is 4.13. The lowest BCUT2D eigenvalue weighted by atomic mass is 9.88. The van der Waals surface area contributed by atoms with Crippen molar-refractivity contribution in [2.75, 3.05) is 25.1 Å². The highest BCUT2D eigenvalue weighted by Gasteiger charge is 2.29. The number of fused-ring (bicyclic) bond motifs is 1. The number of hydrogen-bond acceptors (Lipinski definition) is 6. The predicted molar refractivity (Wildman–Crippen MR) is 93.2 cm³/mol. The topological polar surface area (TPSA) is 102 Å². The van der Waals surface area contributed by atoms with Crippen molar-refractivity contribution in [1.82, 2.24) is 0 Å². The summed E-state index contributed by atoms with van der Waals surface area (Å²) in [5.74, 6) is -1.52. The number of thiophene rings is 1. The van der Waals surface area contributed by atoms with Crippen molar-refractivity contribution >= 4 is 34.2 Å². The Bertz CT molecular complexity index is 654. The lowest BCUT2D eigenvalue weighted by molar-refractivity contribution is -0.143. The van der Waals surface area contributed by atoms with Gasteiger partial charge in [0.2, 0.25) is 0 Å². The summed E-state index contributed by atoms with van der Waals surface area (Å²) in [7, 11) is 0. The number of hydrogen-bond donors (Lipinski definition) is 2. The first-order valence-corrected chi connectivity index (χ1v) is 9.15. The van der Waals surface area contributed by atoms with Gasteiger partial charge < -0.3 is 19.9 Å². The average Bonchev–Trinajstić information content (AvgIpc) is 2.88. The molecule has 1 aromatic rings. The van der Waals surface area contributed by atoms with Gasteiger partial charge >= 0.3 is 11.9 Å². The summed E-state index contributed by atoms with van der Waals surface area (Å²) in [6.45, 7) is 3.48. The maximum Gasteiger partial charge on any atom is 0.341 e. The number of rotatable bonds is 8. The molecule has 1 aliphatic carbocycles. The number of carboxylic acids is 1. The van der Waals surface area contributed by atoms with Crippen LogP contribution in [0.4, 0.5) is 5.00 Å². The molecule has 1 atom stereocenters. The maximum atomic E-state index is 12.4. The third-order valence-electron chi connectivity index (χ3n) is 3.86. The van der Waals surface area contributed by atoms with Crippen LogP contribution in [0.2, 0.25) is 0 Å². The Hall–Kier alpha value is -1.93. The Morgan fingerprint density at radius 1 is 1.32 bits per heavy atom. The van der Waals surface area contributed by atoms with Gasteiger partial charge in [-0.05, 0) is 37.2 Å². The van der Waals surface area contributed by atoms with E-state index in [1.165, 1.54) is 11.3 Å². The summed E-state index contributed by atoms with van der Waals surface area (Å²) < 4.78 is 10.1. The molecule has 0 spiro atoms. The van der Waals surface area contributed by atoms with Crippen LogP contribution in [0.5, 0.6) is 0 Å². The van der Waals surface area contributed by atoms with Crippen LogP contribution in [0.3, 0.4) is 0 Å². The first kappa shape index (κ1) is 19.4. The van der Waals surface area contributed by atoms with Gasteiger partial charge in [-0.15, -0.1) is 11.3 Å². The van der Waals surface area contributed by atoms with Crippen LogP contribution < -0.4 is 5.32 Å². The molecule has 1 heterocycles. The minimum atomic E-state index is -1.14. The molecule has 0 aromatic carbocycles. The molecule has 2 rings (SSSR count). The van der Waals surface area contributed by atoms with Gasteiger partial charge in [-0.1, -0.05) is 13.8 Å². The van der Waals surface area contributed by atoms with E-state index in [2.05, 4.69) is 12.2 Å². The van der Waals surface area contributed by atoms with Gasteiger partial charge in [0.1, 0.15) is 18.2 Å². The highest BCUT2D eigenvalue weighted by atomic mass is 32.1. The Kier molecular flexibility index (Phi) is 6.95. The van der Waals surface area contributed by atoms with Gasteiger partial charge in [-0.3, -0.25) is 4.79 Å². The second kappa shape index (κ2) is 8.96. The molecule has 0 radical (unpaired) electrons. The summed E-state index contributed by atoms with van der Waals surface area (Å²) in [5, 5.41) is 11.7. The monoisotopic (exact) mass is 369 g/mol. The fraction of sp³-hybridized carbons (Fsp3) is 0.588. The SMILES string of the molecule is CCCOC(=O)c1c(NC(=O)COCC(=O)O)sc2c1CC[C@@H](C)C2. The first-order valence-electron chi connectivity index (χ1n) is 8.33. The lowest BCUT2D eigenvalue weighted by Crippen LogP contribution is -2.22. The van der Waals surface area contributed by atoms with Crippen LogP contribution in [0.25, 0.3) is 0 Å². The number of carboxylic acid groups (broad SMARTS) is 1. The van der Waals surface area contributed by atoms with Crippen LogP contribution in [-0.2, 0) is 31.9 Å². The van der Waals surface area contributed by atoms with Crippen molar-refractivity contribution in [3.8, 4) is 0 Å². The van der Waals surface area contributed by atoms with Crippen molar-refractivity contribution in [3.63, 3.8) is 0 Å². The second-order valence-corrected chi connectivity index (χ2v) is 7.23. The number of nitrogens with one attached hydrogen (secondary N) is 1. The van der Waals surface area contributed by atoms with Crippen molar-refractivity contribution in [3.05, 3.63) is 16.0 Å². The van der Waals surface area contributed by atoms with E-state index >= 15 is 0 Å². The van der Waals surface area contributed by atoms with Crippen LogP contribution in [-0.4, -0.2) is 42.8 Å². The molecule has 25 heavy (non-hydrogen) atoms. The molecule has 138 valence electrons. The molecule has 2 N–H and O–H groups in total. The number of aliphatic carboxylic acids is 1. The molecule has 0 bridgehead atoms. The molecule has 1 aromatic heterocycles. The average molecular weight is 369 g/mol. The summed E-state index contributed by atoms with van der Waals surface area (Å²) >= 11 is 1.39. The maximum absolute atomic E-state index is 12.4. The van der Waals surface area contributed by atoms with Crippen LogP contribution in [0.1, 0.15) is 47.5 Å². The Labute approximate surface area is 150 Å². The minimum absolute atomic E-state index is 0.328. The third kappa shape index (κ3) is 5.27. The van der Waals surface area contributed by atoms with E-state index in [1.54, 1.807) is 0 Å². The minimum Gasteiger partial charge on any atom is -0.480 e. The Morgan fingerprint density at radius 2 is 2.08 bits per heavy atom. The molecule has 0 unspecified atom stereocenters. The standard InChI is InChI=1S/C17H23NO6S/c1-3-6-24-17(22)15-11-5-4-10(2)7-12(11)25-16(15)18-13(19)8-23-9-14(20)21/h10H,3-9H2,1-2H3,(H,18,19)(H,20,21)/t10-/m1/s1. The van der Waals surface area contributed by atoms with E-state index in [0.717, 1.165) is 36.1 Å². The van der Waals surface area contributed by atoms with E-state index < -0.39 is 24.5 Å². The van der Waals surface area contributed by atoms with Crippen molar-refractivity contribution < 1.29 is 29.0 Å². The molecule has 0 aliphatic heterocycles. The van der Waals surface area contributed by atoms with Gasteiger partial charge in [0.15, 0.2) is 0 Å². The molecule has 0 fully saturated rings. The zero-order valence-electron chi connectivity index (χ0n) is 14.4. The third-order valence-corrected chi connectivity index (χ3v) is 5.03. The van der Waals surface area contributed by atoms with Gasteiger partial charge in [-0.25, -0.2) is 9.59 Å². The van der Waals surface area contributed by atoms with Crippen LogP contribution >= 0.6 is 11.3 Å². The summed E-state index contributed by atoms with van der Waals surface area (Å²) in [4.78, 5) is 36.0. The highest BCUT2D eigenvalue weighted by molar-refractivity contribution is 7.17. The quantitative estimate of drug-likeness (QED) is 0.683. The van der Waals surface area contributed by atoms with Crippen molar-refractivity contribution in [1.29, 1.82) is 0 Å². The fourth-order valence-electron chi connectivity index (χ4n) is 2.72. The van der Waals surface area contributed by atoms with E-state index in [-0.39, 0.29) is 6.61 Å². The number of carbonyl (C=O) groups is 3. The van der Waals surface area contributed by atoms with Gasteiger partial charge in [0, 0.05) is 4.88 Å². The van der Waals surface area contributed by atoms with Crippen molar-refractivity contribution in [2.24, 2.45) is 5.92 Å². The number of ether oxygens (including phenoxy) is 2. The summed E-state index contributed by atoms with van der Waals surface area (Å²) in [6, 6.07) is 0. The number of amides is 1. The predicted octanol–water partition coefficient (Wildman–Crippen LogP) is 2.48. The normalized spacial score (nSPS) is 16.2. The number of carbonyl (C=O) groups excluding carboxylic acids is 2. The molecule has 1 aliphatic rings. The molecular weight excluding hydrogens is 346 g/mol. The Balaban J connectivity index is 2.16. The van der Waals surface area contributed by atoms with E-state index in [0.29, 0.717) is 23.1 Å². The molecule has 7 nitrogen and oxygen atoms in total. The number of esters is 1. The second-order valence-electron chi connectivity index (χ2n) is 6.13. The summed E-state index contributed by atoms with van der Waals surface area (Å²) in [5.41, 5.74) is 1.40. The Morgan fingerprint density at radius 3 is 2.76 bits per heavy atom. The molecule has 0 saturated heterocycles. The first-order chi connectivity index (χ1) is 11.9. The summed E-state index contributed by atoms with van der Waals surface area (Å²) in [6.07, 6.45) is 3.38. The van der Waals surface area contributed by atoms with Crippen LogP contribution in [0.15, 0.2) is 0 Å². The van der Waals surface area contributed by atoms with Crippen LogP contribution in [0, 0.1) is 5.92 Å². The van der Waals surface area contributed by atoms with Gasteiger partial charge in [0.25, 0.3) is 5.91 Å².